The lowest BCUT2D eigenvalue weighted by atomic mass is 10.1. The molecule has 0 aliphatic carbocycles. The molecule has 0 aromatic heterocycles. The van der Waals surface area contributed by atoms with Crippen LogP contribution in [0.15, 0.2) is 18.2 Å². The molecule has 0 aliphatic rings. The van der Waals surface area contributed by atoms with Crippen LogP contribution >= 0.6 is 0 Å². The zero-order valence-electron chi connectivity index (χ0n) is 12.5. The van der Waals surface area contributed by atoms with Crippen LogP contribution in [0, 0.1) is 13.8 Å². The monoisotopic (exact) mass is 263 g/mol. The van der Waals surface area contributed by atoms with Crippen LogP contribution in [-0.2, 0) is 4.79 Å². The minimum absolute atomic E-state index is 0.217. The minimum atomic E-state index is 0.217. The van der Waals surface area contributed by atoms with Gasteiger partial charge in [0.15, 0.2) is 0 Å². The average molecular weight is 263 g/mol. The first-order valence-electron chi connectivity index (χ1n) is 7.06. The lowest BCUT2D eigenvalue weighted by Crippen LogP contribution is -2.30. The summed E-state index contributed by atoms with van der Waals surface area (Å²) in [4.78, 5) is 13.7. The molecule has 0 bridgehead atoms. The number of hydrogen-bond donors (Lipinski definition) is 0. The van der Waals surface area contributed by atoms with Crippen molar-refractivity contribution in [2.24, 2.45) is 0 Å². The van der Waals surface area contributed by atoms with Crippen LogP contribution in [0.5, 0.6) is 5.75 Å². The summed E-state index contributed by atoms with van der Waals surface area (Å²) in [5.74, 6) is 1.13. The van der Waals surface area contributed by atoms with Gasteiger partial charge in [0.1, 0.15) is 5.75 Å². The zero-order valence-corrected chi connectivity index (χ0v) is 12.5. The van der Waals surface area contributed by atoms with E-state index in [2.05, 4.69) is 13.0 Å². The van der Waals surface area contributed by atoms with Gasteiger partial charge in [-0.3, -0.25) is 4.79 Å². The molecule has 0 unspecified atom stereocenters. The second-order valence-corrected chi connectivity index (χ2v) is 4.79. The molecular weight excluding hydrogens is 238 g/mol. The predicted octanol–water partition coefficient (Wildman–Crippen LogP) is 3.33. The highest BCUT2D eigenvalue weighted by atomic mass is 16.5. The van der Waals surface area contributed by atoms with Crippen molar-refractivity contribution in [1.82, 2.24) is 4.90 Å². The Balaban J connectivity index is 2.33. The maximum atomic E-state index is 11.8. The Bertz CT molecular complexity index is 411. The fraction of sp³-hybridized carbons (Fsp3) is 0.562. The number of amides is 1. The Morgan fingerprint density at radius 2 is 1.89 bits per heavy atom. The highest BCUT2D eigenvalue weighted by Gasteiger charge is 2.08. The third-order valence-electron chi connectivity index (χ3n) is 3.24. The summed E-state index contributed by atoms with van der Waals surface area (Å²) in [6.45, 7) is 10.3. The number of benzene rings is 1. The van der Waals surface area contributed by atoms with Crippen molar-refractivity contribution in [3.63, 3.8) is 0 Å². The Morgan fingerprint density at radius 3 is 2.47 bits per heavy atom. The van der Waals surface area contributed by atoms with Crippen molar-refractivity contribution in [3.05, 3.63) is 29.3 Å². The zero-order chi connectivity index (χ0) is 14.3. The molecule has 3 nitrogen and oxygen atoms in total. The van der Waals surface area contributed by atoms with Crippen molar-refractivity contribution in [2.45, 2.75) is 40.5 Å². The largest absolute Gasteiger partial charge is 0.493 e. The predicted molar refractivity (Wildman–Crippen MR) is 78.6 cm³/mol. The molecule has 0 atom stereocenters. The first-order chi connectivity index (χ1) is 9.08. The molecule has 0 saturated carbocycles. The Labute approximate surface area is 116 Å². The number of carbonyl (C=O) groups is 1. The second-order valence-electron chi connectivity index (χ2n) is 4.79. The molecule has 0 N–H and O–H groups in total. The first-order valence-corrected chi connectivity index (χ1v) is 7.06. The normalized spacial score (nSPS) is 10.3. The maximum absolute atomic E-state index is 11.8. The SMILES string of the molecule is CCN(CC)C(=O)CCCOc1ccc(C)cc1C. The number of rotatable bonds is 7. The van der Waals surface area contributed by atoms with Gasteiger partial charge in [0, 0.05) is 19.5 Å². The highest BCUT2D eigenvalue weighted by molar-refractivity contribution is 5.76. The highest BCUT2D eigenvalue weighted by Crippen LogP contribution is 2.18. The summed E-state index contributed by atoms with van der Waals surface area (Å²) >= 11 is 0. The van der Waals surface area contributed by atoms with E-state index in [1.165, 1.54) is 5.56 Å². The smallest absolute Gasteiger partial charge is 0.222 e. The van der Waals surface area contributed by atoms with Gasteiger partial charge in [-0.1, -0.05) is 17.7 Å². The third-order valence-corrected chi connectivity index (χ3v) is 3.24. The quantitative estimate of drug-likeness (QED) is 0.706. The lowest BCUT2D eigenvalue weighted by Gasteiger charge is -2.18. The average Bonchev–Trinajstić information content (AvgIpc) is 2.38. The van der Waals surface area contributed by atoms with Crippen LogP contribution in [-0.4, -0.2) is 30.5 Å². The Hall–Kier alpha value is -1.51. The maximum Gasteiger partial charge on any atom is 0.222 e. The van der Waals surface area contributed by atoms with Crippen LogP contribution in [0.4, 0.5) is 0 Å². The van der Waals surface area contributed by atoms with E-state index in [0.29, 0.717) is 13.0 Å². The molecule has 0 radical (unpaired) electrons. The first kappa shape index (κ1) is 15.5. The molecule has 19 heavy (non-hydrogen) atoms. The van der Waals surface area contributed by atoms with Gasteiger partial charge in [0.2, 0.25) is 5.91 Å². The Morgan fingerprint density at radius 1 is 1.21 bits per heavy atom. The van der Waals surface area contributed by atoms with Crippen LogP contribution in [0.25, 0.3) is 0 Å². The van der Waals surface area contributed by atoms with Crippen molar-refractivity contribution in [2.75, 3.05) is 19.7 Å². The van der Waals surface area contributed by atoms with Gasteiger partial charge >= 0.3 is 0 Å². The number of ether oxygens (including phenoxy) is 1. The molecule has 0 spiro atoms. The van der Waals surface area contributed by atoms with Gasteiger partial charge in [-0.25, -0.2) is 0 Å². The summed E-state index contributed by atoms with van der Waals surface area (Å²) in [6, 6.07) is 6.15. The van der Waals surface area contributed by atoms with Gasteiger partial charge in [0.25, 0.3) is 0 Å². The van der Waals surface area contributed by atoms with Crippen molar-refractivity contribution < 1.29 is 9.53 Å². The number of aryl methyl sites for hydroxylation is 2. The van der Waals surface area contributed by atoms with Crippen molar-refractivity contribution in [1.29, 1.82) is 0 Å². The Kier molecular flexibility index (Phi) is 6.40. The van der Waals surface area contributed by atoms with E-state index in [1.807, 2.05) is 37.8 Å². The standard InChI is InChI=1S/C16H25NO2/c1-5-17(6-2)16(18)8-7-11-19-15-10-9-13(3)12-14(15)4/h9-10,12H,5-8,11H2,1-4H3. The lowest BCUT2D eigenvalue weighted by molar-refractivity contribution is -0.131. The van der Waals surface area contributed by atoms with E-state index in [0.717, 1.165) is 30.8 Å². The molecule has 3 heteroatoms. The summed E-state index contributed by atoms with van der Waals surface area (Å²) in [5, 5.41) is 0. The summed E-state index contributed by atoms with van der Waals surface area (Å²) in [7, 11) is 0. The van der Waals surface area contributed by atoms with Gasteiger partial charge in [0.05, 0.1) is 6.61 Å². The summed E-state index contributed by atoms with van der Waals surface area (Å²) < 4.78 is 5.72. The van der Waals surface area contributed by atoms with Crippen molar-refractivity contribution in [3.8, 4) is 5.75 Å². The molecule has 1 aromatic carbocycles. The van der Waals surface area contributed by atoms with E-state index in [-0.39, 0.29) is 5.91 Å². The molecule has 0 aliphatic heterocycles. The number of hydrogen-bond acceptors (Lipinski definition) is 2. The fourth-order valence-electron chi connectivity index (χ4n) is 2.10. The number of nitrogens with zero attached hydrogens (tertiary/aromatic N) is 1. The van der Waals surface area contributed by atoms with E-state index in [4.69, 9.17) is 4.74 Å². The molecule has 1 rings (SSSR count). The van der Waals surface area contributed by atoms with E-state index in [9.17, 15) is 4.79 Å². The number of carbonyl (C=O) groups excluding carboxylic acids is 1. The second kappa shape index (κ2) is 7.82. The van der Waals surface area contributed by atoms with Crippen LogP contribution in [0.1, 0.15) is 37.8 Å². The molecule has 0 heterocycles. The molecular formula is C16H25NO2. The van der Waals surface area contributed by atoms with Gasteiger partial charge in [-0.2, -0.15) is 0 Å². The molecule has 1 aromatic rings. The summed E-state index contributed by atoms with van der Waals surface area (Å²) in [5.41, 5.74) is 2.39. The van der Waals surface area contributed by atoms with E-state index in [1.54, 1.807) is 0 Å². The molecule has 106 valence electrons. The van der Waals surface area contributed by atoms with Crippen LogP contribution < -0.4 is 4.74 Å². The third kappa shape index (κ3) is 4.93. The van der Waals surface area contributed by atoms with E-state index < -0.39 is 0 Å². The van der Waals surface area contributed by atoms with Crippen LogP contribution in [0.3, 0.4) is 0 Å². The van der Waals surface area contributed by atoms with E-state index >= 15 is 0 Å². The molecule has 1 amide bonds. The van der Waals surface area contributed by atoms with Gasteiger partial charge < -0.3 is 9.64 Å². The van der Waals surface area contributed by atoms with Gasteiger partial charge in [-0.05, 0) is 45.7 Å². The summed E-state index contributed by atoms with van der Waals surface area (Å²) in [6.07, 6.45) is 1.33. The van der Waals surface area contributed by atoms with Gasteiger partial charge in [-0.15, -0.1) is 0 Å². The fourth-order valence-corrected chi connectivity index (χ4v) is 2.10. The van der Waals surface area contributed by atoms with Crippen molar-refractivity contribution >= 4 is 5.91 Å². The molecule has 0 saturated heterocycles. The minimum Gasteiger partial charge on any atom is -0.493 e. The molecule has 0 fully saturated rings. The van der Waals surface area contributed by atoms with Crippen LogP contribution in [0.2, 0.25) is 0 Å². The topological polar surface area (TPSA) is 29.5 Å².